The highest BCUT2D eigenvalue weighted by atomic mass is 32.1. The lowest BCUT2D eigenvalue weighted by molar-refractivity contribution is -0.384. The number of hydrogen-bond acceptors (Lipinski definition) is 8. The molecule has 0 bridgehead atoms. The number of carbonyl (C=O) groups excluding carboxylic acids is 2. The third-order valence-electron chi connectivity index (χ3n) is 4.35. The lowest BCUT2D eigenvalue weighted by atomic mass is 10.1. The summed E-state index contributed by atoms with van der Waals surface area (Å²) in [4.78, 5) is 39.7. The van der Waals surface area contributed by atoms with Gasteiger partial charge in [0.2, 0.25) is 0 Å². The number of anilines is 1. The molecule has 156 valence electrons. The van der Waals surface area contributed by atoms with Crippen molar-refractivity contribution in [1.29, 1.82) is 0 Å². The average molecular weight is 437 g/mol. The van der Waals surface area contributed by atoms with Crippen LogP contribution >= 0.6 is 11.3 Å². The van der Waals surface area contributed by atoms with Gasteiger partial charge in [-0.05, 0) is 48.7 Å². The van der Waals surface area contributed by atoms with Crippen LogP contribution in [0.4, 0.5) is 11.4 Å². The van der Waals surface area contributed by atoms with Gasteiger partial charge in [-0.15, -0.1) is 11.3 Å². The van der Waals surface area contributed by atoms with Crippen molar-refractivity contribution in [2.75, 3.05) is 11.9 Å². The highest BCUT2D eigenvalue weighted by Crippen LogP contribution is 2.29. The molecule has 0 aliphatic heterocycles. The Bertz CT molecular complexity index is 1300. The summed E-state index contributed by atoms with van der Waals surface area (Å²) in [6.45, 7) is 2.03. The fourth-order valence-electron chi connectivity index (χ4n) is 2.96. The third-order valence-corrected chi connectivity index (χ3v) is 5.45. The quantitative estimate of drug-likeness (QED) is 0.276. The van der Waals surface area contributed by atoms with E-state index in [0.717, 1.165) is 10.1 Å². The summed E-state index contributed by atoms with van der Waals surface area (Å²) >= 11 is 1.30. The molecule has 1 N–H and O–H groups in total. The van der Waals surface area contributed by atoms with Crippen molar-refractivity contribution in [2.24, 2.45) is 0 Å². The number of nitrogens with one attached hydrogen (secondary N) is 1. The van der Waals surface area contributed by atoms with Crippen LogP contribution in [0.5, 0.6) is 0 Å². The minimum atomic E-state index is -0.581. The van der Waals surface area contributed by atoms with E-state index in [-0.39, 0.29) is 23.5 Å². The number of benzene rings is 2. The molecule has 0 aliphatic carbocycles. The summed E-state index contributed by atoms with van der Waals surface area (Å²) in [6, 6.07) is 11.0. The summed E-state index contributed by atoms with van der Waals surface area (Å²) in [7, 11) is 0. The Morgan fingerprint density at radius 3 is 2.77 bits per heavy atom. The minimum absolute atomic E-state index is 0.119. The Morgan fingerprint density at radius 2 is 2.06 bits per heavy atom. The molecule has 0 spiro atoms. The predicted octanol–water partition coefficient (Wildman–Crippen LogP) is 3.82. The Labute approximate surface area is 179 Å². The summed E-state index contributed by atoms with van der Waals surface area (Å²) in [5.74, 6) is -0.900. The van der Waals surface area contributed by atoms with Crippen LogP contribution < -0.4 is 5.32 Å². The summed E-state index contributed by atoms with van der Waals surface area (Å²) in [5, 5.41) is 18.9. The third kappa shape index (κ3) is 4.12. The molecule has 10 nitrogen and oxygen atoms in total. The number of aromatic nitrogens is 3. The second-order valence-corrected chi connectivity index (χ2v) is 7.42. The number of nitro benzene ring substituents is 1. The number of esters is 1. The molecule has 0 aliphatic rings. The molecule has 0 atom stereocenters. The smallest absolute Gasteiger partial charge is 0.348 e. The molecule has 4 rings (SSSR count). The molecule has 0 saturated heterocycles. The molecule has 4 aromatic rings. The zero-order valence-corrected chi connectivity index (χ0v) is 17.0. The summed E-state index contributed by atoms with van der Waals surface area (Å²) in [6.07, 6.45) is 2.60. The van der Waals surface area contributed by atoms with Crippen LogP contribution in [0.2, 0.25) is 0 Å². The number of nitro groups is 1. The lowest BCUT2D eigenvalue weighted by Gasteiger charge is -2.07. The molecule has 2 aromatic carbocycles. The number of thiophene rings is 1. The fraction of sp³-hybridized carbons (Fsp3) is 0.100. The van der Waals surface area contributed by atoms with Crippen molar-refractivity contribution in [1.82, 2.24) is 14.8 Å². The maximum Gasteiger partial charge on any atom is 0.348 e. The van der Waals surface area contributed by atoms with E-state index in [2.05, 4.69) is 15.4 Å². The van der Waals surface area contributed by atoms with Gasteiger partial charge in [-0.1, -0.05) is 0 Å². The zero-order chi connectivity index (χ0) is 22.0. The Balaban J connectivity index is 1.59. The van der Waals surface area contributed by atoms with Gasteiger partial charge in [-0.3, -0.25) is 14.9 Å². The number of fused-ring (bicyclic) bond motifs is 1. The first kappa shape index (κ1) is 20.2. The van der Waals surface area contributed by atoms with Gasteiger partial charge in [0.05, 0.1) is 11.5 Å². The van der Waals surface area contributed by atoms with E-state index in [0.29, 0.717) is 10.6 Å². The SMILES string of the molecule is CCOC(=O)c1cc2cc(NC(=O)c3ccc(-n4cncn4)c([N+](=O)[O-])c3)ccc2s1. The molecule has 2 aromatic heterocycles. The Kier molecular flexibility index (Phi) is 5.41. The number of hydrogen-bond donors (Lipinski definition) is 1. The summed E-state index contributed by atoms with van der Waals surface area (Å²) < 4.78 is 7.14. The van der Waals surface area contributed by atoms with Crippen molar-refractivity contribution in [2.45, 2.75) is 6.92 Å². The van der Waals surface area contributed by atoms with E-state index in [1.54, 1.807) is 31.2 Å². The van der Waals surface area contributed by atoms with E-state index < -0.39 is 16.8 Å². The lowest BCUT2D eigenvalue weighted by Crippen LogP contribution is -2.13. The molecule has 0 radical (unpaired) electrons. The number of rotatable bonds is 6. The van der Waals surface area contributed by atoms with Gasteiger partial charge in [0.1, 0.15) is 23.2 Å². The van der Waals surface area contributed by atoms with Crippen molar-refractivity contribution >= 4 is 44.7 Å². The number of amides is 1. The Morgan fingerprint density at radius 1 is 1.23 bits per heavy atom. The second-order valence-electron chi connectivity index (χ2n) is 6.34. The van der Waals surface area contributed by atoms with Gasteiger partial charge in [-0.2, -0.15) is 5.10 Å². The van der Waals surface area contributed by atoms with Crippen molar-refractivity contribution in [3.05, 3.63) is 75.7 Å². The van der Waals surface area contributed by atoms with E-state index in [1.165, 1.54) is 46.9 Å². The molecule has 1 amide bonds. The summed E-state index contributed by atoms with van der Waals surface area (Å²) in [5.41, 5.74) is 0.540. The van der Waals surface area contributed by atoms with Crippen LogP contribution in [-0.4, -0.2) is 38.2 Å². The van der Waals surface area contributed by atoms with Crippen LogP contribution in [0.25, 0.3) is 15.8 Å². The zero-order valence-electron chi connectivity index (χ0n) is 16.1. The Hall–Kier alpha value is -4.12. The molecular formula is C20H15N5O5S. The highest BCUT2D eigenvalue weighted by Gasteiger charge is 2.20. The first-order valence-electron chi connectivity index (χ1n) is 9.11. The van der Waals surface area contributed by atoms with Crippen LogP contribution in [0.3, 0.4) is 0 Å². The fourth-order valence-corrected chi connectivity index (χ4v) is 3.90. The van der Waals surface area contributed by atoms with Crippen molar-refractivity contribution in [3.8, 4) is 5.69 Å². The standard InChI is InChI=1S/C20H15N5O5S/c1-2-30-20(27)18-9-13-7-14(4-6-17(13)31-18)23-19(26)12-3-5-15(16(8-12)25(28)29)24-11-21-10-22-24/h3-11H,2H2,1H3,(H,23,26). The van der Waals surface area contributed by atoms with E-state index in [9.17, 15) is 19.7 Å². The molecule has 0 unspecified atom stereocenters. The maximum atomic E-state index is 12.7. The highest BCUT2D eigenvalue weighted by molar-refractivity contribution is 7.20. The van der Waals surface area contributed by atoms with Gasteiger partial charge in [-0.25, -0.2) is 14.5 Å². The van der Waals surface area contributed by atoms with Crippen molar-refractivity contribution < 1.29 is 19.2 Å². The molecule has 31 heavy (non-hydrogen) atoms. The molecule has 11 heteroatoms. The van der Waals surface area contributed by atoms with E-state index in [4.69, 9.17) is 4.74 Å². The van der Waals surface area contributed by atoms with Crippen LogP contribution in [0, 0.1) is 10.1 Å². The van der Waals surface area contributed by atoms with E-state index in [1.807, 2.05) is 0 Å². The van der Waals surface area contributed by atoms with Crippen LogP contribution in [-0.2, 0) is 4.74 Å². The normalized spacial score (nSPS) is 10.7. The topological polar surface area (TPSA) is 129 Å². The molecular weight excluding hydrogens is 422 g/mol. The number of carbonyl (C=O) groups is 2. The molecule has 0 saturated carbocycles. The van der Waals surface area contributed by atoms with Gasteiger partial charge in [0, 0.05) is 22.0 Å². The predicted molar refractivity (Wildman–Crippen MR) is 114 cm³/mol. The largest absolute Gasteiger partial charge is 0.462 e. The molecule has 0 fully saturated rings. The first-order valence-corrected chi connectivity index (χ1v) is 9.93. The van der Waals surface area contributed by atoms with Crippen LogP contribution in [0.15, 0.2) is 55.1 Å². The monoisotopic (exact) mass is 437 g/mol. The van der Waals surface area contributed by atoms with Crippen molar-refractivity contribution in [3.63, 3.8) is 0 Å². The van der Waals surface area contributed by atoms with Gasteiger partial charge in [0.25, 0.3) is 11.6 Å². The van der Waals surface area contributed by atoms with Gasteiger partial charge < -0.3 is 10.1 Å². The minimum Gasteiger partial charge on any atom is -0.462 e. The molecule has 2 heterocycles. The maximum absolute atomic E-state index is 12.7. The number of nitrogens with zero attached hydrogens (tertiary/aromatic N) is 4. The first-order chi connectivity index (χ1) is 15.0. The van der Waals surface area contributed by atoms with Crippen LogP contribution in [0.1, 0.15) is 27.0 Å². The van der Waals surface area contributed by atoms with E-state index >= 15 is 0 Å². The van der Waals surface area contributed by atoms with Gasteiger partial charge >= 0.3 is 5.97 Å². The number of ether oxygens (including phenoxy) is 1. The average Bonchev–Trinajstić information content (AvgIpc) is 3.43. The van der Waals surface area contributed by atoms with Gasteiger partial charge in [0.15, 0.2) is 0 Å². The second kappa shape index (κ2) is 8.32.